The lowest BCUT2D eigenvalue weighted by Gasteiger charge is -2.22. The van der Waals surface area contributed by atoms with Crippen LogP contribution in [0.1, 0.15) is 25.1 Å². The molecule has 2 aromatic carbocycles. The van der Waals surface area contributed by atoms with Crippen LogP contribution in [0.5, 0.6) is 17.4 Å². The van der Waals surface area contributed by atoms with Gasteiger partial charge in [-0.15, -0.1) is 10.2 Å². The Labute approximate surface area is 187 Å². The molecule has 1 atom stereocenters. The molecule has 0 aliphatic carbocycles. The highest BCUT2D eigenvalue weighted by Crippen LogP contribution is 2.43. The zero-order chi connectivity index (χ0) is 21.1. The summed E-state index contributed by atoms with van der Waals surface area (Å²) >= 11 is 5.19. The molecule has 1 unspecified atom stereocenters. The maximum atomic E-state index is 6.34. The second kappa shape index (κ2) is 9.09. The van der Waals surface area contributed by atoms with Crippen molar-refractivity contribution in [3.8, 4) is 28.6 Å². The molecule has 1 aliphatic rings. The summed E-state index contributed by atoms with van der Waals surface area (Å²) < 4.78 is 18.0. The molecule has 0 saturated carbocycles. The van der Waals surface area contributed by atoms with Gasteiger partial charge in [0.1, 0.15) is 0 Å². The number of halogens is 1. The summed E-state index contributed by atoms with van der Waals surface area (Å²) in [5, 5.41) is 12.8. The van der Waals surface area contributed by atoms with Gasteiger partial charge in [-0.2, -0.15) is 4.98 Å². The summed E-state index contributed by atoms with van der Waals surface area (Å²) in [5.41, 5.74) is 3.22. The Bertz CT molecular complexity index is 1070. The Morgan fingerprint density at radius 1 is 1.13 bits per heavy atom. The fourth-order valence-electron chi connectivity index (χ4n) is 3.11. The van der Waals surface area contributed by atoms with E-state index in [0.717, 1.165) is 33.5 Å². The van der Waals surface area contributed by atoms with E-state index in [-0.39, 0.29) is 0 Å². The van der Waals surface area contributed by atoms with E-state index in [0.29, 0.717) is 28.2 Å². The van der Waals surface area contributed by atoms with Crippen molar-refractivity contribution < 1.29 is 14.2 Å². The molecular formula is C21H21BrN4O3S. The number of rotatable bonds is 6. The van der Waals surface area contributed by atoms with Gasteiger partial charge in [-0.1, -0.05) is 52.8 Å². The number of para-hydroxylation sites is 1. The lowest BCUT2D eigenvalue weighted by atomic mass is 10.1. The van der Waals surface area contributed by atoms with E-state index in [1.54, 1.807) is 26.0 Å². The van der Waals surface area contributed by atoms with Crippen molar-refractivity contribution >= 4 is 33.4 Å². The Hall–Kier alpha value is -2.52. The van der Waals surface area contributed by atoms with Gasteiger partial charge in [-0.05, 0) is 24.6 Å². The number of anilines is 1. The Kier molecular flexibility index (Phi) is 6.29. The highest BCUT2D eigenvalue weighted by atomic mass is 79.9. The van der Waals surface area contributed by atoms with Crippen molar-refractivity contribution in [3.63, 3.8) is 0 Å². The van der Waals surface area contributed by atoms with Gasteiger partial charge in [-0.25, -0.2) is 0 Å². The van der Waals surface area contributed by atoms with E-state index in [1.807, 2.05) is 36.4 Å². The van der Waals surface area contributed by atoms with Gasteiger partial charge in [0.15, 0.2) is 23.4 Å². The van der Waals surface area contributed by atoms with Gasteiger partial charge in [0.2, 0.25) is 11.0 Å². The molecule has 0 amide bonds. The minimum Gasteiger partial charge on any atom is -0.493 e. The third-order valence-corrected chi connectivity index (χ3v) is 6.28. The number of ether oxygens (including phenoxy) is 3. The fraction of sp³-hybridized carbons (Fsp3) is 0.286. The first-order valence-electron chi connectivity index (χ1n) is 9.46. The molecule has 4 rings (SSSR count). The molecule has 7 nitrogen and oxygen atoms in total. The molecule has 0 bridgehead atoms. The predicted molar refractivity (Wildman–Crippen MR) is 121 cm³/mol. The van der Waals surface area contributed by atoms with Crippen LogP contribution in [0.3, 0.4) is 0 Å². The number of fused-ring (bicyclic) bond motifs is 3. The maximum absolute atomic E-state index is 6.34. The normalized spacial score (nSPS) is 14.6. The maximum Gasteiger partial charge on any atom is 0.247 e. The fourth-order valence-corrected chi connectivity index (χ4v) is 4.28. The van der Waals surface area contributed by atoms with E-state index >= 15 is 0 Å². The molecule has 0 saturated heterocycles. The largest absolute Gasteiger partial charge is 0.493 e. The van der Waals surface area contributed by atoms with Crippen LogP contribution < -0.4 is 19.5 Å². The van der Waals surface area contributed by atoms with Crippen LogP contribution in [0, 0.1) is 0 Å². The number of nitrogens with one attached hydrogen (secondary N) is 1. The third-order valence-electron chi connectivity index (χ3n) is 4.55. The molecule has 0 spiro atoms. The number of benzene rings is 2. The first-order chi connectivity index (χ1) is 14.6. The van der Waals surface area contributed by atoms with Gasteiger partial charge in [0.25, 0.3) is 0 Å². The molecule has 30 heavy (non-hydrogen) atoms. The molecule has 0 fully saturated rings. The molecule has 3 aromatic rings. The topological polar surface area (TPSA) is 78.4 Å². The highest BCUT2D eigenvalue weighted by Gasteiger charge is 2.28. The second-order valence-electron chi connectivity index (χ2n) is 6.51. The lowest BCUT2D eigenvalue weighted by Crippen LogP contribution is -2.18. The summed E-state index contributed by atoms with van der Waals surface area (Å²) in [5.74, 6) is 2.59. The van der Waals surface area contributed by atoms with Gasteiger partial charge in [0.05, 0.1) is 14.2 Å². The molecular weight excluding hydrogens is 468 g/mol. The average Bonchev–Trinajstić information content (AvgIpc) is 2.93. The predicted octanol–water partition coefficient (Wildman–Crippen LogP) is 5.32. The quantitative estimate of drug-likeness (QED) is 0.466. The smallest absolute Gasteiger partial charge is 0.247 e. The zero-order valence-electron chi connectivity index (χ0n) is 16.8. The van der Waals surface area contributed by atoms with Crippen LogP contribution in [0.2, 0.25) is 0 Å². The number of hydrogen-bond acceptors (Lipinski definition) is 8. The number of methoxy groups -OCH3 is 2. The summed E-state index contributed by atoms with van der Waals surface area (Å²) in [6.45, 7) is 2.12. The van der Waals surface area contributed by atoms with Crippen molar-refractivity contribution in [2.75, 3.05) is 25.3 Å². The lowest BCUT2D eigenvalue weighted by molar-refractivity contribution is 0.223. The summed E-state index contributed by atoms with van der Waals surface area (Å²) in [6.07, 6.45) is 0.500. The van der Waals surface area contributed by atoms with Crippen molar-refractivity contribution in [2.24, 2.45) is 0 Å². The summed E-state index contributed by atoms with van der Waals surface area (Å²) in [6, 6.07) is 11.6. The van der Waals surface area contributed by atoms with Crippen molar-refractivity contribution in [1.29, 1.82) is 0 Å². The van der Waals surface area contributed by atoms with Crippen LogP contribution in [0.15, 0.2) is 46.0 Å². The van der Waals surface area contributed by atoms with Crippen LogP contribution >= 0.6 is 27.7 Å². The first kappa shape index (κ1) is 20.7. The number of nitrogens with zero attached hydrogens (tertiary/aromatic N) is 3. The van der Waals surface area contributed by atoms with E-state index in [4.69, 9.17) is 14.2 Å². The minimum atomic E-state index is -0.526. The Morgan fingerprint density at radius 3 is 2.67 bits per heavy atom. The van der Waals surface area contributed by atoms with E-state index in [9.17, 15) is 0 Å². The Balaban J connectivity index is 1.81. The number of thioether (sulfide) groups is 1. The van der Waals surface area contributed by atoms with Crippen LogP contribution in [0.25, 0.3) is 11.3 Å². The van der Waals surface area contributed by atoms with Gasteiger partial charge >= 0.3 is 0 Å². The van der Waals surface area contributed by atoms with E-state index in [2.05, 4.69) is 43.4 Å². The standard InChI is InChI=1S/C21H21BrN4O3S/c1-4-9-30-21-24-20-18(25-26-21)12-7-5-6-8-15(12)23-19(29-20)13-10-16(27-2)17(28-3)11-14(13)22/h5-8,10-11,19,23H,4,9H2,1-3H3. The highest BCUT2D eigenvalue weighted by molar-refractivity contribution is 9.10. The van der Waals surface area contributed by atoms with Crippen LogP contribution in [-0.2, 0) is 0 Å². The molecule has 0 radical (unpaired) electrons. The average molecular weight is 489 g/mol. The Morgan fingerprint density at radius 2 is 1.90 bits per heavy atom. The molecule has 1 N–H and O–H groups in total. The minimum absolute atomic E-state index is 0.438. The van der Waals surface area contributed by atoms with E-state index in [1.165, 1.54) is 0 Å². The molecule has 2 heterocycles. The first-order valence-corrected chi connectivity index (χ1v) is 11.2. The third kappa shape index (κ3) is 4.04. The van der Waals surface area contributed by atoms with Crippen LogP contribution in [0.4, 0.5) is 5.69 Å². The molecule has 1 aromatic heterocycles. The number of hydrogen-bond donors (Lipinski definition) is 1. The molecule has 1 aliphatic heterocycles. The van der Waals surface area contributed by atoms with E-state index < -0.39 is 6.23 Å². The summed E-state index contributed by atoms with van der Waals surface area (Å²) in [4.78, 5) is 4.65. The second-order valence-corrected chi connectivity index (χ2v) is 8.43. The van der Waals surface area contributed by atoms with Crippen molar-refractivity contribution in [3.05, 3.63) is 46.4 Å². The van der Waals surface area contributed by atoms with Crippen molar-refractivity contribution in [2.45, 2.75) is 24.7 Å². The SMILES string of the molecule is CCCSc1nnc2c(n1)OC(c1cc(OC)c(OC)cc1Br)Nc1ccccc1-2. The van der Waals surface area contributed by atoms with Gasteiger partial charge in [0, 0.05) is 27.0 Å². The number of aromatic nitrogens is 3. The van der Waals surface area contributed by atoms with Gasteiger partial charge < -0.3 is 19.5 Å². The van der Waals surface area contributed by atoms with Crippen molar-refractivity contribution in [1.82, 2.24) is 15.2 Å². The summed E-state index contributed by atoms with van der Waals surface area (Å²) in [7, 11) is 3.21. The van der Waals surface area contributed by atoms with Crippen LogP contribution in [-0.4, -0.2) is 35.2 Å². The monoisotopic (exact) mass is 488 g/mol. The molecule has 9 heteroatoms. The molecule has 156 valence electrons. The van der Waals surface area contributed by atoms with Gasteiger partial charge in [-0.3, -0.25) is 0 Å². The zero-order valence-corrected chi connectivity index (χ0v) is 19.2.